The van der Waals surface area contributed by atoms with E-state index in [9.17, 15) is 13.2 Å². The summed E-state index contributed by atoms with van der Waals surface area (Å²) in [6.07, 6.45) is 2.25. The number of sulfonamides is 1. The lowest BCUT2D eigenvalue weighted by atomic mass is 9.98. The Morgan fingerprint density at radius 1 is 1.00 bits per heavy atom. The number of benzene rings is 2. The van der Waals surface area contributed by atoms with Gasteiger partial charge in [0.1, 0.15) is 0 Å². The van der Waals surface area contributed by atoms with Crippen LogP contribution in [0.5, 0.6) is 11.5 Å². The van der Waals surface area contributed by atoms with Gasteiger partial charge >= 0.3 is 0 Å². The fraction of sp³-hybridized carbons (Fsp3) is 0.409. The van der Waals surface area contributed by atoms with Crippen molar-refractivity contribution in [1.29, 1.82) is 0 Å². The Labute approximate surface area is 177 Å². The van der Waals surface area contributed by atoms with E-state index in [-0.39, 0.29) is 11.8 Å². The first kappa shape index (κ1) is 20.7. The van der Waals surface area contributed by atoms with Gasteiger partial charge in [0, 0.05) is 31.6 Å². The van der Waals surface area contributed by atoms with Gasteiger partial charge in [-0.3, -0.25) is 4.79 Å². The molecule has 2 aromatic rings. The molecule has 0 aromatic heterocycles. The fourth-order valence-electron chi connectivity index (χ4n) is 3.74. The van der Waals surface area contributed by atoms with E-state index in [4.69, 9.17) is 9.47 Å². The van der Waals surface area contributed by atoms with Crippen molar-refractivity contribution in [2.24, 2.45) is 5.92 Å². The van der Waals surface area contributed by atoms with Crippen LogP contribution in [0.3, 0.4) is 0 Å². The quantitative estimate of drug-likeness (QED) is 0.788. The molecule has 1 N–H and O–H groups in total. The molecule has 4 rings (SSSR count). The number of carbonyl (C=O) groups excluding carboxylic acids is 1. The summed E-state index contributed by atoms with van der Waals surface area (Å²) >= 11 is 0. The maximum absolute atomic E-state index is 12.7. The van der Waals surface area contributed by atoms with Crippen LogP contribution < -0.4 is 14.8 Å². The molecule has 0 saturated carbocycles. The smallest absolute Gasteiger partial charge is 0.251 e. The Balaban J connectivity index is 1.30. The number of carbonyl (C=O) groups is 1. The predicted octanol–water partition coefficient (Wildman–Crippen LogP) is 2.68. The number of hydrogen-bond acceptors (Lipinski definition) is 5. The highest BCUT2D eigenvalue weighted by Crippen LogP contribution is 2.30. The number of ether oxygens (including phenoxy) is 2. The lowest BCUT2D eigenvalue weighted by Gasteiger charge is -2.31. The average molecular weight is 431 g/mol. The second-order valence-electron chi connectivity index (χ2n) is 7.58. The number of hydrogen-bond donors (Lipinski definition) is 1. The van der Waals surface area contributed by atoms with E-state index in [1.165, 1.54) is 4.31 Å². The highest BCUT2D eigenvalue weighted by Gasteiger charge is 2.29. The van der Waals surface area contributed by atoms with Crippen LogP contribution in [0.25, 0.3) is 0 Å². The van der Waals surface area contributed by atoms with Crippen molar-refractivity contribution in [3.63, 3.8) is 0 Å². The van der Waals surface area contributed by atoms with Crippen LogP contribution in [0.15, 0.2) is 53.4 Å². The summed E-state index contributed by atoms with van der Waals surface area (Å²) in [5.41, 5.74) is 0.531. The summed E-state index contributed by atoms with van der Waals surface area (Å²) in [5, 5.41) is 2.97. The molecule has 2 aromatic carbocycles. The van der Waals surface area contributed by atoms with Crippen molar-refractivity contribution in [1.82, 2.24) is 9.62 Å². The minimum atomic E-state index is -3.45. The molecule has 1 amide bonds. The summed E-state index contributed by atoms with van der Waals surface area (Å²) in [6, 6.07) is 13.7. The minimum absolute atomic E-state index is 0.162. The normalized spacial score (nSPS) is 17.9. The number of nitrogens with zero attached hydrogens (tertiary/aromatic N) is 1. The summed E-state index contributed by atoms with van der Waals surface area (Å²) in [7, 11) is -3.45. The largest absolute Gasteiger partial charge is 0.490 e. The van der Waals surface area contributed by atoms with Crippen molar-refractivity contribution < 1.29 is 22.7 Å². The zero-order chi connectivity index (χ0) is 21.0. The Kier molecular flexibility index (Phi) is 6.24. The van der Waals surface area contributed by atoms with Gasteiger partial charge in [-0.25, -0.2) is 8.42 Å². The third-order valence-corrected chi connectivity index (χ3v) is 7.43. The summed E-state index contributed by atoms with van der Waals surface area (Å²) < 4.78 is 38.2. The molecule has 160 valence electrons. The molecule has 0 unspecified atom stereocenters. The van der Waals surface area contributed by atoms with Crippen molar-refractivity contribution in [3.8, 4) is 11.5 Å². The Morgan fingerprint density at radius 2 is 1.70 bits per heavy atom. The van der Waals surface area contributed by atoms with Crippen LogP contribution in [0, 0.1) is 5.92 Å². The van der Waals surface area contributed by atoms with E-state index < -0.39 is 10.0 Å². The zero-order valence-electron chi connectivity index (χ0n) is 16.7. The first-order valence-electron chi connectivity index (χ1n) is 10.3. The maximum atomic E-state index is 12.7. The Morgan fingerprint density at radius 3 is 2.43 bits per heavy atom. The monoisotopic (exact) mass is 430 g/mol. The predicted molar refractivity (Wildman–Crippen MR) is 112 cm³/mol. The van der Waals surface area contributed by atoms with Gasteiger partial charge in [-0.05, 0) is 49.1 Å². The van der Waals surface area contributed by atoms with Crippen LogP contribution in [0.2, 0.25) is 0 Å². The summed E-state index contributed by atoms with van der Waals surface area (Å²) in [6.45, 7) is 2.62. The second-order valence-corrected chi connectivity index (χ2v) is 9.52. The molecule has 0 atom stereocenters. The van der Waals surface area contributed by atoms with Crippen LogP contribution in [0.1, 0.15) is 29.6 Å². The third-order valence-electron chi connectivity index (χ3n) is 5.52. The van der Waals surface area contributed by atoms with Crippen LogP contribution in [0.4, 0.5) is 0 Å². The lowest BCUT2D eigenvalue weighted by molar-refractivity contribution is 0.0941. The molecule has 2 aliphatic rings. The molecule has 2 aliphatic heterocycles. The van der Waals surface area contributed by atoms with E-state index in [1.807, 2.05) is 0 Å². The number of fused-ring (bicyclic) bond motifs is 1. The molecule has 7 nitrogen and oxygen atoms in total. The van der Waals surface area contributed by atoms with Crippen LogP contribution >= 0.6 is 0 Å². The van der Waals surface area contributed by atoms with Gasteiger partial charge in [0.25, 0.3) is 5.91 Å². The van der Waals surface area contributed by atoms with Gasteiger partial charge < -0.3 is 14.8 Å². The molecule has 0 aliphatic carbocycles. The minimum Gasteiger partial charge on any atom is -0.490 e. The fourth-order valence-corrected chi connectivity index (χ4v) is 5.23. The first-order chi connectivity index (χ1) is 14.5. The Bertz CT molecular complexity index is 986. The van der Waals surface area contributed by atoms with Crippen molar-refractivity contribution in [2.75, 3.05) is 32.8 Å². The molecule has 0 spiro atoms. The van der Waals surface area contributed by atoms with E-state index >= 15 is 0 Å². The SMILES string of the molecule is O=C(NCC1CCN(S(=O)(=O)c2ccccc2)CC1)c1ccc2c(c1)OCCCO2. The molecule has 0 bridgehead atoms. The lowest BCUT2D eigenvalue weighted by Crippen LogP contribution is -2.41. The van der Waals surface area contributed by atoms with Gasteiger partial charge in [-0.2, -0.15) is 4.31 Å². The number of rotatable bonds is 5. The first-order valence-corrected chi connectivity index (χ1v) is 11.7. The molecule has 30 heavy (non-hydrogen) atoms. The topological polar surface area (TPSA) is 84.9 Å². The highest BCUT2D eigenvalue weighted by atomic mass is 32.2. The van der Waals surface area contributed by atoms with E-state index in [0.717, 1.165) is 6.42 Å². The molecule has 8 heteroatoms. The van der Waals surface area contributed by atoms with Crippen molar-refractivity contribution >= 4 is 15.9 Å². The molecule has 2 heterocycles. The van der Waals surface area contributed by atoms with Gasteiger partial charge in [0.15, 0.2) is 11.5 Å². The highest BCUT2D eigenvalue weighted by molar-refractivity contribution is 7.89. The average Bonchev–Trinajstić information content (AvgIpc) is 3.03. The van der Waals surface area contributed by atoms with Gasteiger partial charge in [-0.1, -0.05) is 18.2 Å². The maximum Gasteiger partial charge on any atom is 0.251 e. The number of nitrogens with one attached hydrogen (secondary N) is 1. The molecular formula is C22H26N2O5S. The molecule has 1 fully saturated rings. The standard InChI is InChI=1S/C22H26N2O5S/c25-22(18-7-8-20-21(15-18)29-14-4-13-28-20)23-16-17-9-11-24(12-10-17)30(26,27)19-5-2-1-3-6-19/h1-3,5-8,15,17H,4,9-14,16H2,(H,23,25). The molecule has 1 saturated heterocycles. The zero-order valence-corrected chi connectivity index (χ0v) is 17.6. The number of piperidine rings is 1. The van der Waals surface area contributed by atoms with Crippen molar-refractivity contribution in [2.45, 2.75) is 24.2 Å². The summed E-state index contributed by atoms with van der Waals surface area (Å²) in [4.78, 5) is 12.9. The van der Waals surface area contributed by atoms with E-state index in [0.29, 0.717) is 67.6 Å². The van der Waals surface area contributed by atoms with E-state index in [2.05, 4.69) is 5.32 Å². The summed E-state index contributed by atoms with van der Waals surface area (Å²) in [5.74, 6) is 1.34. The molecule has 0 radical (unpaired) electrons. The third kappa shape index (κ3) is 4.60. The van der Waals surface area contributed by atoms with E-state index in [1.54, 1.807) is 48.5 Å². The molecular weight excluding hydrogens is 404 g/mol. The van der Waals surface area contributed by atoms with Crippen molar-refractivity contribution in [3.05, 3.63) is 54.1 Å². The van der Waals surface area contributed by atoms with Crippen LogP contribution in [-0.4, -0.2) is 51.5 Å². The van der Waals surface area contributed by atoms with Gasteiger partial charge in [0.2, 0.25) is 10.0 Å². The van der Waals surface area contributed by atoms with Crippen LogP contribution in [-0.2, 0) is 10.0 Å². The van der Waals surface area contributed by atoms with Gasteiger partial charge in [-0.15, -0.1) is 0 Å². The van der Waals surface area contributed by atoms with Gasteiger partial charge in [0.05, 0.1) is 18.1 Å². The Hall–Kier alpha value is -2.58. The second kappa shape index (κ2) is 9.06. The number of amides is 1.